The number of nitrogen functional groups attached to an aromatic ring is 1. The molecule has 100 valence electrons. The lowest BCUT2D eigenvalue weighted by atomic mass is 10.0. The van der Waals surface area contributed by atoms with Crippen LogP contribution in [0, 0.1) is 0 Å². The quantitative estimate of drug-likeness (QED) is 0.833. The van der Waals surface area contributed by atoms with Gasteiger partial charge in [0.2, 0.25) is 0 Å². The fourth-order valence-electron chi connectivity index (χ4n) is 2.27. The standard InChI is InChI=1S/C12H20N4O2/c1-3-16-11(10(13)7-14-16)12(17)15-9-4-5-18-8(2)6-9/h7-9H,3-6,13H2,1-2H3,(H,15,17). The van der Waals surface area contributed by atoms with Gasteiger partial charge >= 0.3 is 0 Å². The molecule has 1 aromatic heterocycles. The lowest BCUT2D eigenvalue weighted by Crippen LogP contribution is -2.42. The second-order valence-corrected chi connectivity index (χ2v) is 4.64. The third kappa shape index (κ3) is 2.64. The number of carbonyl (C=O) groups is 1. The Bertz CT molecular complexity index is 430. The van der Waals surface area contributed by atoms with Crippen molar-refractivity contribution in [3.8, 4) is 0 Å². The highest BCUT2D eigenvalue weighted by Gasteiger charge is 2.24. The van der Waals surface area contributed by atoms with Gasteiger partial charge in [0.25, 0.3) is 5.91 Å². The number of nitrogens with two attached hydrogens (primary N) is 1. The van der Waals surface area contributed by atoms with Crippen LogP contribution in [-0.2, 0) is 11.3 Å². The van der Waals surface area contributed by atoms with E-state index in [1.165, 1.54) is 6.20 Å². The Balaban J connectivity index is 2.05. The van der Waals surface area contributed by atoms with Gasteiger partial charge < -0.3 is 15.8 Å². The van der Waals surface area contributed by atoms with Crippen LogP contribution in [0.15, 0.2) is 6.20 Å². The van der Waals surface area contributed by atoms with Crippen molar-refractivity contribution in [3.63, 3.8) is 0 Å². The van der Waals surface area contributed by atoms with E-state index in [1.807, 2.05) is 13.8 Å². The van der Waals surface area contributed by atoms with Crippen molar-refractivity contribution in [1.82, 2.24) is 15.1 Å². The Hall–Kier alpha value is -1.56. The molecule has 0 radical (unpaired) electrons. The average molecular weight is 252 g/mol. The van der Waals surface area contributed by atoms with E-state index in [4.69, 9.17) is 10.5 Å². The van der Waals surface area contributed by atoms with Crippen molar-refractivity contribution in [1.29, 1.82) is 0 Å². The maximum atomic E-state index is 12.2. The maximum absolute atomic E-state index is 12.2. The molecule has 1 amide bonds. The van der Waals surface area contributed by atoms with Gasteiger partial charge in [-0.1, -0.05) is 0 Å². The molecule has 1 saturated heterocycles. The molecular formula is C12H20N4O2. The summed E-state index contributed by atoms with van der Waals surface area (Å²) in [6.45, 7) is 5.27. The molecule has 2 heterocycles. The SMILES string of the molecule is CCn1ncc(N)c1C(=O)NC1CCOC(C)C1. The van der Waals surface area contributed by atoms with Crippen LogP contribution in [0.4, 0.5) is 5.69 Å². The van der Waals surface area contributed by atoms with E-state index < -0.39 is 0 Å². The lowest BCUT2D eigenvalue weighted by molar-refractivity contribution is 0.0136. The molecule has 2 atom stereocenters. The van der Waals surface area contributed by atoms with Gasteiger partial charge in [-0.25, -0.2) is 0 Å². The molecule has 0 bridgehead atoms. The Morgan fingerprint density at radius 3 is 3.17 bits per heavy atom. The first-order valence-electron chi connectivity index (χ1n) is 6.35. The summed E-state index contributed by atoms with van der Waals surface area (Å²) in [6, 6.07) is 0.154. The fourth-order valence-corrected chi connectivity index (χ4v) is 2.27. The lowest BCUT2D eigenvalue weighted by Gasteiger charge is -2.28. The van der Waals surface area contributed by atoms with Gasteiger partial charge in [-0.05, 0) is 26.7 Å². The summed E-state index contributed by atoms with van der Waals surface area (Å²) in [5.74, 6) is -0.147. The number of carbonyl (C=O) groups excluding carboxylic acids is 1. The predicted molar refractivity (Wildman–Crippen MR) is 68.2 cm³/mol. The Morgan fingerprint density at radius 2 is 2.50 bits per heavy atom. The first-order chi connectivity index (χ1) is 8.61. The van der Waals surface area contributed by atoms with Crippen LogP contribution < -0.4 is 11.1 Å². The van der Waals surface area contributed by atoms with E-state index >= 15 is 0 Å². The highest BCUT2D eigenvalue weighted by molar-refractivity contribution is 5.97. The molecule has 2 rings (SSSR count). The Morgan fingerprint density at radius 1 is 1.72 bits per heavy atom. The number of amides is 1. The van der Waals surface area contributed by atoms with Gasteiger partial charge in [-0.2, -0.15) is 5.10 Å². The summed E-state index contributed by atoms with van der Waals surface area (Å²) >= 11 is 0. The van der Waals surface area contributed by atoms with Gasteiger partial charge in [-0.3, -0.25) is 9.48 Å². The van der Waals surface area contributed by atoms with Crippen molar-refractivity contribution in [2.75, 3.05) is 12.3 Å². The Kier molecular flexibility index (Phi) is 3.86. The average Bonchev–Trinajstić information content (AvgIpc) is 2.70. The minimum Gasteiger partial charge on any atom is -0.396 e. The number of hydrogen-bond donors (Lipinski definition) is 2. The van der Waals surface area contributed by atoms with Gasteiger partial charge in [0.15, 0.2) is 0 Å². The number of nitrogens with one attached hydrogen (secondary N) is 1. The van der Waals surface area contributed by atoms with Gasteiger partial charge in [0, 0.05) is 19.2 Å². The summed E-state index contributed by atoms with van der Waals surface area (Å²) in [7, 11) is 0. The van der Waals surface area contributed by atoms with Crippen molar-refractivity contribution >= 4 is 11.6 Å². The Labute approximate surface area is 106 Å². The van der Waals surface area contributed by atoms with Crippen molar-refractivity contribution in [2.24, 2.45) is 0 Å². The third-order valence-corrected chi connectivity index (χ3v) is 3.20. The monoisotopic (exact) mass is 252 g/mol. The molecule has 0 spiro atoms. The number of nitrogens with zero attached hydrogens (tertiary/aromatic N) is 2. The summed E-state index contributed by atoms with van der Waals surface area (Å²) < 4.78 is 7.07. The maximum Gasteiger partial charge on any atom is 0.271 e. The largest absolute Gasteiger partial charge is 0.396 e. The zero-order chi connectivity index (χ0) is 13.1. The van der Waals surface area contributed by atoms with Crippen LogP contribution in [-0.4, -0.2) is 34.4 Å². The van der Waals surface area contributed by atoms with Crippen molar-refractivity contribution in [2.45, 2.75) is 45.4 Å². The number of rotatable bonds is 3. The topological polar surface area (TPSA) is 82.2 Å². The van der Waals surface area contributed by atoms with Crippen molar-refractivity contribution in [3.05, 3.63) is 11.9 Å². The van der Waals surface area contributed by atoms with E-state index in [9.17, 15) is 4.79 Å². The normalized spacial score (nSPS) is 23.9. The number of ether oxygens (including phenoxy) is 1. The van der Waals surface area contributed by atoms with E-state index in [1.54, 1.807) is 4.68 Å². The minimum atomic E-state index is -0.147. The zero-order valence-electron chi connectivity index (χ0n) is 10.8. The van der Waals surface area contributed by atoms with Crippen LogP contribution >= 0.6 is 0 Å². The third-order valence-electron chi connectivity index (χ3n) is 3.20. The first kappa shape index (κ1) is 12.9. The summed E-state index contributed by atoms with van der Waals surface area (Å²) in [6.07, 6.45) is 3.39. The molecule has 1 aliphatic heterocycles. The van der Waals surface area contributed by atoms with Gasteiger partial charge in [0.05, 0.1) is 18.0 Å². The fraction of sp³-hybridized carbons (Fsp3) is 0.667. The van der Waals surface area contributed by atoms with E-state index in [0.717, 1.165) is 12.8 Å². The van der Waals surface area contributed by atoms with Gasteiger partial charge in [-0.15, -0.1) is 0 Å². The van der Waals surface area contributed by atoms with Crippen molar-refractivity contribution < 1.29 is 9.53 Å². The minimum absolute atomic E-state index is 0.147. The molecule has 0 aromatic carbocycles. The molecular weight excluding hydrogens is 232 g/mol. The molecule has 1 fully saturated rings. The second kappa shape index (κ2) is 5.39. The van der Waals surface area contributed by atoms with E-state index in [0.29, 0.717) is 24.5 Å². The van der Waals surface area contributed by atoms with Crippen LogP contribution in [0.1, 0.15) is 37.2 Å². The zero-order valence-corrected chi connectivity index (χ0v) is 10.8. The molecule has 1 aliphatic rings. The predicted octanol–water partition coefficient (Wildman–Crippen LogP) is 0.782. The number of hydrogen-bond acceptors (Lipinski definition) is 4. The molecule has 6 nitrogen and oxygen atoms in total. The van der Waals surface area contributed by atoms with Gasteiger partial charge in [0.1, 0.15) is 5.69 Å². The van der Waals surface area contributed by atoms with Crippen LogP contribution in [0.5, 0.6) is 0 Å². The van der Waals surface area contributed by atoms with Crippen LogP contribution in [0.25, 0.3) is 0 Å². The number of aromatic nitrogens is 2. The molecule has 2 unspecified atom stereocenters. The summed E-state index contributed by atoms with van der Waals surface area (Å²) in [4.78, 5) is 12.2. The number of anilines is 1. The van der Waals surface area contributed by atoms with E-state index in [-0.39, 0.29) is 18.1 Å². The molecule has 0 saturated carbocycles. The number of aryl methyl sites for hydroxylation is 1. The van der Waals surface area contributed by atoms with E-state index in [2.05, 4.69) is 10.4 Å². The first-order valence-corrected chi connectivity index (χ1v) is 6.35. The van der Waals surface area contributed by atoms with Crippen LogP contribution in [0.3, 0.4) is 0 Å². The highest BCUT2D eigenvalue weighted by Crippen LogP contribution is 2.15. The smallest absolute Gasteiger partial charge is 0.271 e. The highest BCUT2D eigenvalue weighted by atomic mass is 16.5. The molecule has 1 aromatic rings. The summed E-state index contributed by atoms with van der Waals surface area (Å²) in [5, 5.41) is 7.08. The molecule has 6 heteroatoms. The second-order valence-electron chi connectivity index (χ2n) is 4.64. The van der Waals surface area contributed by atoms with Crippen LogP contribution in [0.2, 0.25) is 0 Å². The molecule has 18 heavy (non-hydrogen) atoms. The molecule has 3 N–H and O–H groups in total. The summed E-state index contributed by atoms with van der Waals surface area (Å²) in [5.41, 5.74) is 6.66. The molecule has 0 aliphatic carbocycles.